The van der Waals surface area contributed by atoms with Crippen LogP contribution < -0.4 is 5.32 Å². The first-order valence-corrected chi connectivity index (χ1v) is 6.73. The van der Waals surface area contributed by atoms with Gasteiger partial charge in [-0.3, -0.25) is 4.68 Å². The second-order valence-corrected chi connectivity index (χ2v) is 4.84. The number of carboxylic acid groups (broad SMARTS) is 1. The summed E-state index contributed by atoms with van der Waals surface area (Å²) in [6.07, 6.45) is 2.54. The molecule has 1 amide bonds. The monoisotopic (exact) mass is 303 g/mol. The third-order valence-electron chi connectivity index (χ3n) is 2.93. The molecule has 1 heterocycles. The highest BCUT2D eigenvalue weighted by Gasteiger charge is 2.21. The highest BCUT2D eigenvalue weighted by Crippen LogP contribution is 2.02. The van der Waals surface area contributed by atoms with E-state index < -0.39 is 18.1 Å². The summed E-state index contributed by atoms with van der Waals surface area (Å²) < 4.78 is 6.47. The van der Waals surface area contributed by atoms with E-state index in [4.69, 9.17) is 9.84 Å². The number of hydrogen-bond acceptors (Lipinski definition) is 4. The molecule has 0 radical (unpaired) electrons. The Balaban J connectivity index is 1.87. The molecule has 2 rings (SSSR count). The highest BCUT2D eigenvalue weighted by molar-refractivity contribution is 5.79. The van der Waals surface area contributed by atoms with Crippen LogP contribution in [0.1, 0.15) is 11.1 Å². The fraction of sp³-hybridized carbons (Fsp3) is 0.267. The molecule has 0 bridgehead atoms. The number of aliphatic carboxylic acids is 1. The van der Waals surface area contributed by atoms with Crippen molar-refractivity contribution < 1.29 is 19.4 Å². The second-order valence-electron chi connectivity index (χ2n) is 4.84. The average molecular weight is 303 g/mol. The SMILES string of the molecule is Cc1cnn(CC(NC(=O)OCc2ccccc2)C(=O)O)c1. The maximum Gasteiger partial charge on any atom is 0.408 e. The summed E-state index contributed by atoms with van der Waals surface area (Å²) in [6, 6.07) is 8.04. The minimum Gasteiger partial charge on any atom is -0.480 e. The third kappa shape index (κ3) is 4.62. The largest absolute Gasteiger partial charge is 0.480 e. The minimum atomic E-state index is -1.15. The van der Waals surface area contributed by atoms with Crippen LogP contribution in [0, 0.1) is 6.92 Å². The summed E-state index contributed by atoms with van der Waals surface area (Å²) in [5, 5.41) is 15.5. The molecule has 1 atom stereocenters. The molecular weight excluding hydrogens is 286 g/mol. The van der Waals surface area contributed by atoms with Crippen molar-refractivity contribution in [3.8, 4) is 0 Å². The van der Waals surface area contributed by atoms with Gasteiger partial charge in [0.25, 0.3) is 0 Å². The zero-order valence-corrected chi connectivity index (χ0v) is 12.1. The Labute approximate surface area is 127 Å². The standard InChI is InChI=1S/C15H17N3O4/c1-11-7-16-18(8-11)9-13(14(19)20)17-15(21)22-10-12-5-3-2-4-6-12/h2-8,13H,9-10H2,1H3,(H,17,21)(H,19,20). The fourth-order valence-corrected chi connectivity index (χ4v) is 1.85. The number of rotatable bonds is 6. The number of ether oxygens (including phenoxy) is 1. The quantitative estimate of drug-likeness (QED) is 0.845. The third-order valence-corrected chi connectivity index (χ3v) is 2.93. The van der Waals surface area contributed by atoms with Gasteiger partial charge in [0.05, 0.1) is 12.7 Å². The molecule has 0 saturated heterocycles. The van der Waals surface area contributed by atoms with E-state index in [1.54, 1.807) is 12.4 Å². The maximum atomic E-state index is 11.7. The van der Waals surface area contributed by atoms with Crippen molar-refractivity contribution in [2.24, 2.45) is 0 Å². The Kier molecular flexibility index (Phi) is 5.13. The van der Waals surface area contributed by atoms with E-state index in [2.05, 4.69) is 10.4 Å². The first-order valence-electron chi connectivity index (χ1n) is 6.73. The van der Waals surface area contributed by atoms with E-state index in [9.17, 15) is 9.59 Å². The van der Waals surface area contributed by atoms with Crippen LogP contribution in [0.2, 0.25) is 0 Å². The summed E-state index contributed by atoms with van der Waals surface area (Å²) in [5.74, 6) is -1.15. The Morgan fingerprint density at radius 1 is 1.36 bits per heavy atom. The summed E-state index contributed by atoms with van der Waals surface area (Å²) in [4.78, 5) is 22.9. The van der Waals surface area contributed by atoms with Gasteiger partial charge >= 0.3 is 12.1 Å². The van der Waals surface area contributed by atoms with Gasteiger partial charge in [0.2, 0.25) is 0 Å². The second kappa shape index (κ2) is 7.26. The molecule has 0 aliphatic rings. The van der Waals surface area contributed by atoms with Crippen LogP contribution in [0.5, 0.6) is 0 Å². The summed E-state index contributed by atoms with van der Waals surface area (Å²) in [5.41, 5.74) is 1.74. The molecule has 1 aromatic heterocycles. The van der Waals surface area contributed by atoms with Crippen LogP contribution in [0.3, 0.4) is 0 Å². The van der Waals surface area contributed by atoms with Gasteiger partial charge in [-0.05, 0) is 18.1 Å². The molecule has 116 valence electrons. The predicted molar refractivity (Wildman–Crippen MR) is 78.2 cm³/mol. The molecule has 0 aliphatic heterocycles. The molecule has 2 aromatic rings. The summed E-state index contributed by atoms with van der Waals surface area (Å²) >= 11 is 0. The Bertz CT molecular complexity index is 639. The Morgan fingerprint density at radius 3 is 2.68 bits per heavy atom. The van der Waals surface area contributed by atoms with E-state index in [0.717, 1.165) is 11.1 Å². The first-order chi connectivity index (χ1) is 10.5. The van der Waals surface area contributed by atoms with Gasteiger partial charge in [0.1, 0.15) is 12.6 Å². The maximum absolute atomic E-state index is 11.7. The number of nitrogens with one attached hydrogen (secondary N) is 1. The minimum absolute atomic E-state index is 0.0314. The lowest BCUT2D eigenvalue weighted by molar-refractivity contribution is -0.139. The van der Waals surface area contributed by atoms with Gasteiger partial charge in [-0.2, -0.15) is 5.10 Å². The lowest BCUT2D eigenvalue weighted by Gasteiger charge is -2.14. The number of alkyl carbamates (subject to hydrolysis) is 1. The first kappa shape index (κ1) is 15.6. The number of carbonyl (C=O) groups is 2. The lowest BCUT2D eigenvalue weighted by atomic mass is 10.2. The summed E-state index contributed by atoms with van der Waals surface area (Å²) in [6.45, 7) is 1.96. The van der Waals surface area contributed by atoms with Gasteiger partial charge in [-0.25, -0.2) is 9.59 Å². The van der Waals surface area contributed by atoms with Gasteiger partial charge in [0.15, 0.2) is 0 Å². The van der Waals surface area contributed by atoms with Crippen molar-refractivity contribution >= 4 is 12.1 Å². The molecule has 0 spiro atoms. The fourth-order valence-electron chi connectivity index (χ4n) is 1.85. The number of aromatic nitrogens is 2. The molecule has 0 saturated carbocycles. The molecule has 1 aromatic carbocycles. The van der Waals surface area contributed by atoms with Crippen LogP contribution in [-0.2, 0) is 22.7 Å². The van der Waals surface area contributed by atoms with E-state index in [-0.39, 0.29) is 13.2 Å². The van der Waals surface area contributed by atoms with Gasteiger partial charge < -0.3 is 15.2 Å². The van der Waals surface area contributed by atoms with Crippen molar-refractivity contribution in [1.82, 2.24) is 15.1 Å². The molecular formula is C15H17N3O4. The molecule has 7 heteroatoms. The van der Waals surface area contributed by atoms with Crippen LogP contribution in [0.15, 0.2) is 42.7 Å². The number of carbonyl (C=O) groups excluding carboxylic acids is 1. The number of amides is 1. The lowest BCUT2D eigenvalue weighted by Crippen LogP contribution is -2.44. The van der Waals surface area contributed by atoms with Crippen molar-refractivity contribution in [1.29, 1.82) is 0 Å². The number of nitrogens with zero attached hydrogens (tertiary/aromatic N) is 2. The van der Waals surface area contributed by atoms with Crippen molar-refractivity contribution in [2.45, 2.75) is 26.1 Å². The van der Waals surface area contributed by atoms with E-state index in [1.807, 2.05) is 37.3 Å². The number of benzene rings is 1. The predicted octanol–water partition coefficient (Wildman–Crippen LogP) is 1.57. The van der Waals surface area contributed by atoms with Crippen LogP contribution in [0.4, 0.5) is 4.79 Å². The van der Waals surface area contributed by atoms with Crippen molar-refractivity contribution in [3.63, 3.8) is 0 Å². The number of aryl methyl sites for hydroxylation is 1. The Morgan fingerprint density at radius 2 is 2.09 bits per heavy atom. The smallest absolute Gasteiger partial charge is 0.408 e. The van der Waals surface area contributed by atoms with E-state index in [1.165, 1.54) is 4.68 Å². The van der Waals surface area contributed by atoms with Crippen molar-refractivity contribution in [2.75, 3.05) is 0 Å². The zero-order chi connectivity index (χ0) is 15.9. The van der Waals surface area contributed by atoms with E-state index in [0.29, 0.717) is 0 Å². The van der Waals surface area contributed by atoms with Crippen LogP contribution in [-0.4, -0.2) is 33.0 Å². The van der Waals surface area contributed by atoms with Gasteiger partial charge in [-0.15, -0.1) is 0 Å². The Hall–Kier alpha value is -2.83. The molecule has 2 N–H and O–H groups in total. The molecule has 0 aliphatic carbocycles. The van der Waals surface area contributed by atoms with E-state index >= 15 is 0 Å². The summed E-state index contributed by atoms with van der Waals surface area (Å²) in [7, 11) is 0. The zero-order valence-electron chi connectivity index (χ0n) is 12.1. The van der Waals surface area contributed by atoms with Gasteiger partial charge in [-0.1, -0.05) is 30.3 Å². The number of carboxylic acids is 1. The van der Waals surface area contributed by atoms with Crippen molar-refractivity contribution in [3.05, 3.63) is 53.9 Å². The molecule has 0 fully saturated rings. The van der Waals surface area contributed by atoms with Crippen LogP contribution >= 0.6 is 0 Å². The average Bonchev–Trinajstić information content (AvgIpc) is 2.91. The molecule has 22 heavy (non-hydrogen) atoms. The van der Waals surface area contributed by atoms with Gasteiger partial charge in [0, 0.05) is 6.20 Å². The highest BCUT2D eigenvalue weighted by atomic mass is 16.5. The molecule has 1 unspecified atom stereocenters. The molecule has 7 nitrogen and oxygen atoms in total. The number of hydrogen-bond donors (Lipinski definition) is 2. The topological polar surface area (TPSA) is 93.5 Å². The normalized spacial score (nSPS) is 11.7. The van der Waals surface area contributed by atoms with Crippen LogP contribution in [0.25, 0.3) is 0 Å².